The second-order valence-corrected chi connectivity index (χ2v) is 7.74. The highest BCUT2D eigenvalue weighted by molar-refractivity contribution is 6.31. The summed E-state index contributed by atoms with van der Waals surface area (Å²) in [7, 11) is 1.28. The fourth-order valence-electron chi connectivity index (χ4n) is 3.72. The number of aromatic amines is 1. The van der Waals surface area contributed by atoms with E-state index in [1.54, 1.807) is 35.2 Å². The van der Waals surface area contributed by atoms with Crippen LogP contribution in [0.15, 0.2) is 41.0 Å². The third-order valence-corrected chi connectivity index (χ3v) is 5.55. The Hall–Kier alpha value is -3.30. The van der Waals surface area contributed by atoms with Gasteiger partial charge in [-0.25, -0.2) is 4.79 Å². The normalized spacial score (nSPS) is 14.6. The van der Waals surface area contributed by atoms with Crippen molar-refractivity contribution in [1.82, 2.24) is 9.88 Å². The van der Waals surface area contributed by atoms with Crippen LogP contribution < -0.4 is 10.2 Å². The van der Waals surface area contributed by atoms with Crippen LogP contribution in [0.1, 0.15) is 21.0 Å². The molecule has 2 amide bonds. The number of piperazine rings is 1. The van der Waals surface area contributed by atoms with E-state index in [1.807, 2.05) is 0 Å². The molecule has 4 rings (SSSR count). The van der Waals surface area contributed by atoms with Gasteiger partial charge < -0.3 is 29.3 Å². The van der Waals surface area contributed by atoms with Gasteiger partial charge in [0.15, 0.2) is 12.3 Å². The summed E-state index contributed by atoms with van der Waals surface area (Å²) in [5, 5.41) is 3.95. The van der Waals surface area contributed by atoms with Crippen LogP contribution >= 0.6 is 11.6 Å². The molecule has 0 atom stereocenters. The number of nitrogens with zero attached hydrogens (tertiary/aromatic N) is 1. The number of nitrogens with one attached hydrogen (secondary N) is 3. The highest BCUT2D eigenvalue weighted by Crippen LogP contribution is 2.30. The summed E-state index contributed by atoms with van der Waals surface area (Å²) in [4.78, 5) is 43.0. The maximum Gasteiger partial charge on any atom is 0.356 e. The lowest BCUT2D eigenvalue weighted by atomic mass is 10.2. The zero-order valence-electron chi connectivity index (χ0n) is 16.9. The van der Waals surface area contributed by atoms with E-state index in [9.17, 15) is 14.4 Å². The van der Waals surface area contributed by atoms with Crippen LogP contribution in [0.4, 0.5) is 5.69 Å². The van der Waals surface area contributed by atoms with E-state index >= 15 is 0 Å². The van der Waals surface area contributed by atoms with Gasteiger partial charge in [0.25, 0.3) is 11.8 Å². The first-order valence-electron chi connectivity index (χ1n) is 9.82. The minimum Gasteiger partial charge on any atom is -0.464 e. The van der Waals surface area contributed by atoms with Crippen molar-refractivity contribution in [2.45, 2.75) is 0 Å². The summed E-state index contributed by atoms with van der Waals surface area (Å²) in [6.07, 6.45) is 1.47. The minimum absolute atomic E-state index is 0.146. The first-order chi connectivity index (χ1) is 15.0. The number of furan rings is 1. The van der Waals surface area contributed by atoms with Crippen LogP contribution in [0.2, 0.25) is 5.02 Å². The van der Waals surface area contributed by atoms with E-state index in [0.29, 0.717) is 53.6 Å². The molecule has 1 aliphatic rings. The summed E-state index contributed by atoms with van der Waals surface area (Å²) in [6, 6.07) is 8.43. The van der Waals surface area contributed by atoms with Crippen molar-refractivity contribution in [2.75, 3.05) is 45.2 Å². The Balaban J connectivity index is 1.41. The first kappa shape index (κ1) is 21.0. The van der Waals surface area contributed by atoms with Crippen molar-refractivity contribution >= 4 is 46.0 Å². The Labute approximate surface area is 182 Å². The zero-order valence-corrected chi connectivity index (χ0v) is 17.6. The molecular formula is C21H22ClN4O5+. The minimum atomic E-state index is -0.583. The van der Waals surface area contributed by atoms with Crippen LogP contribution in [-0.4, -0.2) is 67.5 Å². The van der Waals surface area contributed by atoms with E-state index in [0.717, 1.165) is 4.90 Å². The van der Waals surface area contributed by atoms with Gasteiger partial charge in [-0.05, 0) is 30.3 Å². The highest BCUT2D eigenvalue weighted by Gasteiger charge is 2.28. The van der Waals surface area contributed by atoms with Crippen LogP contribution in [-0.2, 0) is 9.53 Å². The summed E-state index contributed by atoms with van der Waals surface area (Å²) in [5.41, 5.74) is 1.18. The van der Waals surface area contributed by atoms with Crippen molar-refractivity contribution in [2.24, 2.45) is 0 Å². The monoisotopic (exact) mass is 445 g/mol. The fraction of sp³-hybridized carbons (Fsp3) is 0.286. The largest absolute Gasteiger partial charge is 0.464 e. The SMILES string of the molecule is COC(=O)c1[nH]c2ccc(Cl)cc2c1NC(=O)C[NH+]1CCN(C(=O)c2ccco2)CC1. The third-order valence-electron chi connectivity index (χ3n) is 5.31. The Morgan fingerprint density at radius 3 is 2.71 bits per heavy atom. The van der Waals surface area contributed by atoms with Crippen molar-refractivity contribution < 1.29 is 28.4 Å². The Kier molecular flexibility index (Phi) is 5.97. The maximum absolute atomic E-state index is 12.7. The molecule has 1 aliphatic heterocycles. The van der Waals surface area contributed by atoms with Crippen molar-refractivity contribution in [1.29, 1.82) is 0 Å². The molecule has 3 N–H and O–H groups in total. The number of carbonyl (C=O) groups is 3. The van der Waals surface area contributed by atoms with E-state index in [1.165, 1.54) is 13.4 Å². The number of carbonyl (C=O) groups excluding carboxylic acids is 3. The number of quaternary nitrogens is 1. The van der Waals surface area contributed by atoms with Crippen LogP contribution in [0.3, 0.4) is 0 Å². The number of fused-ring (bicyclic) bond motifs is 1. The molecule has 1 aromatic carbocycles. The predicted octanol–water partition coefficient (Wildman–Crippen LogP) is 1.18. The van der Waals surface area contributed by atoms with Crippen LogP contribution in [0, 0.1) is 0 Å². The Bertz CT molecular complexity index is 1120. The number of amides is 2. The second kappa shape index (κ2) is 8.83. The molecular weight excluding hydrogens is 424 g/mol. The van der Waals surface area contributed by atoms with Gasteiger partial charge in [-0.3, -0.25) is 9.59 Å². The number of rotatable bonds is 5. The molecule has 1 fully saturated rings. The maximum atomic E-state index is 12.7. The fourth-order valence-corrected chi connectivity index (χ4v) is 3.89. The van der Waals surface area contributed by atoms with Crippen molar-refractivity contribution in [3.05, 3.63) is 53.1 Å². The number of halogens is 1. The number of hydrogen-bond acceptors (Lipinski definition) is 5. The number of hydrogen-bond donors (Lipinski definition) is 3. The van der Waals surface area contributed by atoms with Gasteiger partial charge in [-0.15, -0.1) is 0 Å². The lowest BCUT2D eigenvalue weighted by Gasteiger charge is -2.31. The lowest BCUT2D eigenvalue weighted by Crippen LogP contribution is -3.15. The molecule has 0 unspecified atom stereocenters. The molecule has 162 valence electrons. The summed E-state index contributed by atoms with van der Waals surface area (Å²) in [6.45, 7) is 2.51. The molecule has 0 aliphatic carbocycles. The van der Waals surface area contributed by atoms with Crippen LogP contribution in [0.25, 0.3) is 10.9 Å². The van der Waals surface area contributed by atoms with E-state index < -0.39 is 5.97 Å². The Morgan fingerprint density at radius 1 is 1.26 bits per heavy atom. The molecule has 2 aromatic heterocycles. The molecule has 0 saturated carbocycles. The predicted molar refractivity (Wildman–Crippen MR) is 113 cm³/mol. The summed E-state index contributed by atoms with van der Waals surface area (Å²) >= 11 is 6.10. The number of esters is 1. The standard InChI is InChI=1S/C21H21ClN4O5/c1-30-21(29)19-18(14-11-13(22)4-5-15(14)23-19)24-17(27)12-25-6-8-26(9-7-25)20(28)16-3-2-10-31-16/h2-5,10-11,23H,6-9,12H2,1H3,(H,24,27)/p+1. The molecule has 1 saturated heterocycles. The molecule has 0 spiro atoms. The number of H-pyrrole nitrogens is 1. The molecule has 0 radical (unpaired) electrons. The van der Waals surface area contributed by atoms with Gasteiger partial charge in [0.2, 0.25) is 0 Å². The summed E-state index contributed by atoms with van der Waals surface area (Å²) < 4.78 is 10.00. The number of anilines is 1. The summed E-state index contributed by atoms with van der Waals surface area (Å²) in [5.74, 6) is -0.659. The highest BCUT2D eigenvalue weighted by atomic mass is 35.5. The number of benzene rings is 1. The average molecular weight is 446 g/mol. The number of ether oxygens (including phenoxy) is 1. The van der Waals surface area contributed by atoms with Gasteiger partial charge in [0, 0.05) is 15.9 Å². The molecule has 3 aromatic rings. The van der Waals surface area contributed by atoms with E-state index in [4.69, 9.17) is 20.8 Å². The van der Waals surface area contributed by atoms with Crippen molar-refractivity contribution in [3.63, 3.8) is 0 Å². The molecule has 31 heavy (non-hydrogen) atoms. The average Bonchev–Trinajstić information content (AvgIpc) is 3.42. The zero-order chi connectivity index (χ0) is 22.0. The smallest absolute Gasteiger partial charge is 0.356 e. The van der Waals surface area contributed by atoms with E-state index in [-0.39, 0.29) is 24.1 Å². The molecule has 0 bridgehead atoms. The van der Waals surface area contributed by atoms with Gasteiger partial charge in [0.1, 0.15) is 5.69 Å². The Morgan fingerprint density at radius 2 is 2.03 bits per heavy atom. The van der Waals surface area contributed by atoms with Crippen molar-refractivity contribution in [3.8, 4) is 0 Å². The lowest BCUT2D eigenvalue weighted by molar-refractivity contribution is -0.895. The van der Waals surface area contributed by atoms with Gasteiger partial charge in [-0.2, -0.15) is 0 Å². The topological polar surface area (TPSA) is 109 Å². The molecule has 9 nitrogen and oxygen atoms in total. The number of aromatic nitrogens is 1. The van der Waals surface area contributed by atoms with Gasteiger partial charge >= 0.3 is 5.97 Å². The van der Waals surface area contributed by atoms with Crippen LogP contribution in [0.5, 0.6) is 0 Å². The van der Waals surface area contributed by atoms with E-state index in [2.05, 4.69) is 10.3 Å². The quantitative estimate of drug-likeness (QED) is 0.511. The molecule has 10 heteroatoms. The number of methoxy groups -OCH3 is 1. The first-order valence-corrected chi connectivity index (χ1v) is 10.2. The second-order valence-electron chi connectivity index (χ2n) is 7.30. The van der Waals surface area contributed by atoms with Gasteiger partial charge in [0.05, 0.1) is 45.2 Å². The van der Waals surface area contributed by atoms with Gasteiger partial charge in [-0.1, -0.05) is 11.6 Å². The molecule has 3 heterocycles. The third kappa shape index (κ3) is 4.42.